The summed E-state index contributed by atoms with van der Waals surface area (Å²) in [5, 5.41) is 0. The zero-order valence-electron chi connectivity index (χ0n) is 9.40. The fourth-order valence-electron chi connectivity index (χ4n) is 1.28. The van der Waals surface area contributed by atoms with Gasteiger partial charge in [-0.1, -0.05) is 18.9 Å². The maximum atomic E-state index is 13.3. The smallest absolute Gasteiger partial charge is 0.161 e. The number of benzene rings is 1. The predicted octanol–water partition coefficient (Wildman–Crippen LogP) is 3.32. The molecular formula is C12H10F3OU-. The average Bonchev–Trinajstić information content (AvgIpc) is 2.27. The summed E-state index contributed by atoms with van der Waals surface area (Å²) in [7, 11) is 0. The zero-order valence-corrected chi connectivity index (χ0v) is 13.6. The van der Waals surface area contributed by atoms with Gasteiger partial charge in [0.05, 0.1) is 0 Å². The van der Waals surface area contributed by atoms with E-state index in [0.717, 1.165) is 0 Å². The monoisotopic (exact) mass is 465 g/mol. The summed E-state index contributed by atoms with van der Waals surface area (Å²) >= 11 is 0. The molecule has 0 unspecified atom stereocenters. The van der Waals surface area contributed by atoms with Crippen molar-refractivity contribution >= 4 is 12.4 Å². The van der Waals surface area contributed by atoms with Crippen LogP contribution in [0, 0.1) is 55.5 Å². The van der Waals surface area contributed by atoms with Crippen LogP contribution in [0.4, 0.5) is 13.2 Å². The first kappa shape index (κ1) is 16.5. The van der Waals surface area contributed by atoms with E-state index in [1.807, 2.05) is 0 Å². The molecule has 1 aromatic rings. The van der Waals surface area contributed by atoms with E-state index in [4.69, 9.17) is 0 Å². The standard InChI is InChI=1S/C12H10F3O.U/c1-3-8(6-16)4-9-7(2)12(15)11(14)5-10(9)13;/h4-5H,3H2,1-2H3;/q-1;/b8-4+;. The van der Waals surface area contributed by atoms with Gasteiger partial charge in [-0.15, -0.1) is 0 Å². The Kier molecular flexibility index (Phi) is 6.81. The average molecular weight is 465 g/mol. The van der Waals surface area contributed by atoms with E-state index in [2.05, 4.69) is 0 Å². The summed E-state index contributed by atoms with van der Waals surface area (Å²) in [4.78, 5) is 10.4. The van der Waals surface area contributed by atoms with Gasteiger partial charge in [0.2, 0.25) is 0 Å². The molecule has 1 aromatic carbocycles. The Hall–Kier alpha value is -0.528. The molecule has 1 nitrogen and oxygen atoms in total. The number of carbonyl (C=O) groups excluding carboxylic acids is 1. The molecule has 0 bridgehead atoms. The number of halogens is 3. The van der Waals surface area contributed by atoms with E-state index in [9.17, 15) is 18.0 Å². The molecule has 0 aliphatic carbocycles. The maximum absolute atomic E-state index is 13.3. The molecular weight excluding hydrogens is 455 g/mol. The Bertz CT molecular complexity index is 456. The maximum Gasteiger partial charge on any atom is 0.161 e. The van der Waals surface area contributed by atoms with Gasteiger partial charge in [0.1, 0.15) is 5.82 Å². The third-order valence-electron chi connectivity index (χ3n) is 2.28. The molecule has 0 spiro atoms. The summed E-state index contributed by atoms with van der Waals surface area (Å²) in [6, 6.07) is 0.465. The molecule has 1 rings (SSSR count). The minimum atomic E-state index is -1.24. The van der Waals surface area contributed by atoms with Gasteiger partial charge in [0.25, 0.3) is 0 Å². The molecule has 0 aliphatic rings. The van der Waals surface area contributed by atoms with Crippen molar-refractivity contribution in [2.45, 2.75) is 20.3 Å². The molecule has 0 aromatic heterocycles. The summed E-state index contributed by atoms with van der Waals surface area (Å²) < 4.78 is 39.3. The van der Waals surface area contributed by atoms with Crippen molar-refractivity contribution in [1.82, 2.24) is 0 Å². The third-order valence-corrected chi connectivity index (χ3v) is 2.28. The van der Waals surface area contributed by atoms with Crippen molar-refractivity contribution in [2.75, 3.05) is 0 Å². The van der Waals surface area contributed by atoms with Crippen LogP contribution in [0.5, 0.6) is 0 Å². The van der Waals surface area contributed by atoms with Crippen LogP contribution in [0.25, 0.3) is 6.08 Å². The second-order valence-electron chi connectivity index (χ2n) is 3.32. The molecule has 0 aliphatic heterocycles. The third kappa shape index (κ3) is 3.72. The first-order chi connectivity index (χ1) is 7.51. The number of hydrogen-bond acceptors (Lipinski definition) is 1. The van der Waals surface area contributed by atoms with Gasteiger partial charge < -0.3 is 4.79 Å². The molecule has 0 amide bonds. The van der Waals surface area contributed by atoms with Crippen molar-refractivity contribution in [3.63, 3.8) is 0 Å². The van der Waals surface area contributed by atoms with Gasteiger partial charge in [0, 0.05) is 37.2 Å². The number of hydrogen-bond donors (Lipinski definition) is 0. The zero-order chi connectivity index (χ0) is 12.3. The van der Waals surface area contributed by atoms with Crippen molar-refractivity contribution in [3.05, 3.63) is 40.2 Å². The van der Waals surface area contributed by atoms with E-state index in [1.165, 1.54) is 13.0 Å². The first-order valence-corrected chi connectivity index (χ1v) is 4.74. The molecule has 0 atom stereocenters. The Labute approximate surface area is 121 Å². The van der Waals surface area contributed by atoms with Crippen LogP contribution < -0.4 is 0 Å². The van der Waals surface area contributed by atoms with Crippen LogP contribution in [0.15, 0.2) is 11.6 Å². The van der Waals surface area contributed by atoms with E-state index < -0.39 is 17.5 Å². The van der Waals surface area contributed by atoms with Gasteiger partial charge in [0.15, 0.2) is 11.6 Å². The molecule has 0 N–H and O–H groups in total. The molecule has 90 valence electrons. The second kappa shape index (κ2) is 7.03. The fourth-order valence-corrected chi connectivity index (χ4v) is 1.28. The molecule has 5 heteroatoms. The van der Waals surface area contributed by atoms with Gasteiger partial charge in [-0.25, -0.2) is 13.2 Å². The Balaban J connectivity index is 0.00000256. The van der Waals surface area contributed by atoms with Crippen LogP contribution in [0.3, 0.4) is 0 Å². The minimum absolute atomic E-state index is 0. The normalized spacial score (nSPS) is 11.0. The summed E-state index contributed by atoms with van der Waals surface area (Å²) in [5.41, 5.74) is -0.0641. The first-order valence-electron chi connectivity index (χ1n) is 4.74. The molecule has 17 heavy (non-hydrogen) atoms. The Morgan fingerprint density at radius 1 is 1.35 bits per heavy atom. The van der Waals surface area contributed by atoms with Crippen molar-refractivity contribution in [2.24, 2.45) is 0 Å². The molecule has 0 fully saturated rings. The van der Waals surface area contributed by atoms with Crippen molar-refractivity contribution in [1.29, 1.82) is 0 Å². The predicted molar refractivity (Wildman–Crippen MR) is 55.0 cm³/mol. The van der Waals surface area contributed by atoms with Crippen molar-refractivity contribution < 1.29 is 49.1 Å². The molecule has 0 heterocycles. The molecule has 0 radical (unpaired) electrons. The van der Waals surface area contributed by atoms with Crippen LogP contribution in [-0.4, -0.2) is 6.29 Å². The summed E-state index contributed by atoms with van der Waals surface area (Å²) in [6.07, 6.45) is 3.15. The topological polar surface area (TPSA) is 17.1 Å². The SMILES string of the molecule is CC/C([C-]=O)=C\c1c(F)cc(F)c(F)c1C.[U]. The van der Waals surface area contributed by atoms with Gasteiger partial charge in [-0.3, -0.25) is 0 Å². The van der Waals surface area contributed by atoms with Crippen LogP contribution in [0.2, 0.25) is 0 Å². The summed E-state index contributed by atoms with van der Waals surface area (Å²) in [5.74, 6) is -3.23. The van der Waals surface area contributed by atoms with E-state index >= 15 is 0 Å². The van der Waals surface area contributed by atoms with Gasteiger partial charge in [-0.05, 0) is 18.8 Å². The molecule has 0 saturated carbocycles. The summed E-state index contributed by atoms with van der Waals surface area (Å²) in [6.45, 7) is 2.94. The largest absolute Gasteiger partial charge is 0.419 e. The van der Waals surface area contributed by atoms with E-state index in [0.29, 0.717) is 12.5 Å². The Morgan fingerprint density at radius 3 is 2.41 bits per heavy atom. The number of rotatable bonds is 3. The van der Waals surface area contributed by atoms with Crippen LogP contribution in [0.1, 0.15) is 24.5 Å². The van der Waals surface area contributed by atoms with Gasteiger partial charge in [-0.2, -0.15) is 11.6 Å². The fraction of sp³-hybridized carbons (Fsp3) is 0.250. The quantitative estimate of drug-likeness (QED) is 0.381. The molecule has 0 saturated heterocycles. The number of allylic oxidation sites excluding steroid dienone is 1. The minimum Gasteiger partial charge on any atom is -0.419 e. The second-order valence-corrected chi connectivity index (χ2v) is 3.32. The van der Waals surface area contributed by atoms with E-state index in [-0.39, 0.29) is 47.8 Å². The van der Waals surface area contributed by atoms with Crippen molar-refractivity contribution in [3.8, 4) is 0 Å². The van der Waals surface area contributed by atoms with Crippen LogP contribution in [-0.2, 0) is 4.79 Å². The van der Waals surface area contributed by atoms with E-state index in [1.54, 1.807) is 13.2 Å². The van der Waals surface area contributed by atoms with Crippen LogP contribution >= 0.6 is 0 Å². The van der Waals surface area contributed by atoms with Gasteiger partial charge >= 0.3 is 0 Å². The Morgan fingerprint density at radius 2 is 1.94 bits per heavy atom.